The number of hydrogen-bond donors (Lipinski definition) is 0. The molecule has 1 rings (SSSR count). The second kappa shape index (κ2) is 6.77. The first kappa shape index (κ1) is 11.4. The summed E-state index contributed by atoms with van der Waals surface area (Å²) in [5.74, 6) is 0. The van der Waals surface area contributed by atoms with Gasteiger partial charge in [-0.3, -0.25) is 0 Å². The lowest BCUT2D eigenvalue weighted by molar-refractivity contribution is 0.532. The second-order valence-electron chi connectivity index (χ2n) is 3.58. The Kier molecular flexibility index (Phi) is 5.53. The van der Waals surface area contributed by atoms with Crippen LogP contribution in [-0.2, 0) is 0 Å². The Balaban J connectivity index is 2.18. The third-order valence-corrected chi connectivity index (χ3v) is 2.81. The second-order valence-corrected chi connectivity index (χ2v) is 4.00. The zero-order chi connectivity index (χ0) is 10.2. The van der Waals surface area contributed by atoms with Crippen molar-refractivity contribution < 1.29 is 0 Å². The lowest BCUT2D eigenvalue weighted by Gasteiger charge is -2.14. The van der Waals surface area contributed by atoms with Crippen molar-refractivity contribution in [1.29, 1.82) is 0 Å². The fourth-order valence-corrected chi connectivity index (χ4v) is 1.86. The summed E-state index contributed by atoms with van der Waals surface area (Å²) in [6.07, 6.45) is 13.4. The smallest absolute Gasteiger partial charge is 0.101 e. The van der Waals surface area contributed by atoms with Crippen molar-refractivity contribution in [1.82, 2.24) is 4.90 Å². The van der Waals surface area contributed by atoms with Gasteiger partial charge in [-0.2, -0.15) is 0 Å². The SMILES string of the molecule is C/C=C/CC/C=C/C(=S)N1CCCC1. The Labute approximate surface area is 92.5 Å². The quantitative estimate of drug-likeness (QED) is 0.302. The van der Waals surface area contributed by atoms with E-state index in [2.05, 4.69) is 36.1 Å². The highest BCUT2D eigenvalue weighted by Crippen LogP contribution is 2.09. The van der Waals surface area contributed by atoms with Crippen molar-refractivity contribution in [3.05, 3.63) is 24.3 Å². The summed E-state index contributed by atoms with van der Waals surface area (Å²) in [6, 6.07) is 0. The first-order valence-corrected chi connectivity index (χ1v) is 5.82. The van der Waals surface area contributed by atoms with Gasteiger partial charge in [0.05, 0.1) is 0 Å². The van der Waals surface area contributed by atoms with Gasteiger partial charge >= 0.3 is 0 Å². The van der Waals surface area contributed by atoms with Crippen LogP contribution < -0.4 is 0 Å². The fraction of sp³-hybridized carbons (Fsp3) is 0.583. The normalized spacial score (nSPS) is 17.4. The van der Waals surface area contributed by atoms with Crippen LogP contribution in [0.25, 0.3) is 0 Å². The Morgan fingerprint density at radius 1 is 1.21 bits per heavy atom. The first-order valence-electron chi connectivity index (χ1n) is 5.41. The monoisotopic (exact) mass is 209 g/mol. The number of rotatable bonds is 4. The summed E-state index contributed by atoms with van der Waals surface area (Å²) in [4.78, 5) is 3.31. The average molecular weight is 209 g/mol. The molecule has 1 heterocycles. The summed E-state index contributed by atoms with van der Waals surface area (Å²) >= 11 is 5.31. The van der Waals surface area contributed by atoms with Gasteiger partial charge in [-0.25, -0.2) is 0 Å². The van der Waals surface area contributed by atoms with E-state index in [-0.39, 0.29) is 0 Å². The number of hydrogen-bond acceptors (Lipinski definition) is 1. The molecule has 1 aliphatic rings. The molecule has 0 bridgehead atoms. The highest BCUT2D eigenvalue weighted by molar-refractivity contribution is 7.80. The molecule has 0 N–H and O–H groups in total. The topological polar surface area (TPSA) is 3.24 Å². The minimum absolute atomic E-state index is 1.02. The summed E-state index contributed by atoms with van der Waals surface area (Å²) < 4.78 is 0. The van der Waals surface area contributed by atoms with Crippen LogP contribution in [0.4, 0.5) is 0 Å². The molecule has 0 aromatic heterocycles. The van der Waals surface area contributed by atoms with E-state index >= 15 is 0 Å². The molecular weight excluding hydrogens is 190 g/mol. The van der Waals surface area contributed by atoms with Gasteiger partial charge in [-0.15, -0.1) is 0 Å². The summed E-state index contributed by atoms with van der Waals surface area (Å²) in [5, 5.41) is 0. The van der Waals surface area contributed by atoms with Crippen LogP contribution in [0.5, 0.6) is 0 Å². The highest BCUT2D eigenvalue weighted by Gasteiger charge is 2.11. The Morgan fingerprint density at radius 3 is 2.50 bits per heavy atom. The predicted molar refractivity (Wildman–Crippen MR) is 66.6 cm³/mol. The molecule has 1 aliphatic heterocycles. The molecule has 1 nitrogen and oxygen atoms in total. The fourth-order valence-electron chi connectivity index (χ4n) is 1.59. The summed E-state index contributed by atoms with van der Waals surface area (Å²) in [5.41, 5.74) is 0. The van der Waals surface area contributed by atoms with Crippen LogP contribution in [0, 0.1) is 0 Å². The van der Waals surface area contributed by atoms with Gasteiger partial charge in [-0.1, -0.05) is 30.4 Å². The van der Waals surface area contributed by atoms with Gasteiger partial charge in [0.25, 0.3) is 0 Å². The number of nitrogens with zero attached hydrogens (tertiary/aromatic N) is 1. The molecule has 0 spiro atoms. The number of allylic oxidation sites excluding steroid dienone is 3. The van der Waals surface area contributed by atoms with E-state index in [0.717, 1.165) is 30.9 Å². The lowest BCUT2D eigenvalue weighted by atomic mass is 10.2. The molecule has 2 heteroatoms. The lowest BCUT2D eigenvalue weighted by Crippen LogP contribution is -2.23. The molecule has 0 aliphatic carbocycles. The molecule has 0 saturated carbocycles. The van der Waals surface area contributed by atoms with Crippen molar-refractivity contribution in [2.24, 2.45) is 0 Å². The van der Waals surface area contributed by atoms with Crippen molar-refractivity contribution >= 4 is 17.2 Å². The zero-order valence-corrected chi connectivity index (χ0v) is 9.72. The Bertz CT molecular complexity index is 224. The number of likely N-dealkylation sites (tertiary alicyclic amines) is 1. The van der Waals surface area contributed by atoms with Gasteiger partial charge in [0, 0.05) is 13.1 Å². The van der Waals surface area contributed by atoms with E-state index in [1.807, 2.05) is 0 Å². The third kappa shape index (κ3) is 4.05. The first-order chi connectivity index (χ1) is 6.84. The number of unbranched alkanes of at least 4 members (excludes halogenated alkanes) is 1. The largest absolute Gasteiger partial charge is 0.363 e. The minimum atomic E-state index is 1.02. The predicted octanol–water partition coefficient (Wildman–Crippen LogP) is 3.32. The standard InChI is InChI=1S/C12H19NS/c1-2-3-4-5-6-9-12(14)13-10-7-8-11-13/h2-3,6,9H,4-5,7-8,10-11H2,1H3/b3-2+,9-6+. The zero-order valence-electron chi connectivity index (χ0n) is 8.91. The molecule has 0 aromatic rings. The maximum absolute atomic E-state index is 5.31. The molecule has 14 heavy (non-hydrogen) atoms. The van der Waals surface area contributed by atoms with Crippen molar-refractivity contribution in [2.75, 3.05) is 13.1 Å². The summed E-state index contributed by atoms with van der Waals surface area (Å²) in [7, 11) is 0. The van der Waals surface area contributed by atoms with Crippen molar-refractivity contribution in [3.8, 4) is 0 Å². The molecule has 0 atom stereocenters. The van der Waals surface area contributed by atoms with E-state index in [0.29, 0.717) is 0 Å². The van der Waals surface area contributed by atoms with E-state index in [1.54, 1.807) is 0 Å². The molecule has 0 radical (unpaired) electrons. The van der Waals surface area contributed by atoms with Gasteiger partial charge in [0.15, 0.2) is 0 Å². The van der Waals surface area contributed by atoms with Crippen LogP contribution in [0.3, 0.4) is 0 Å². The van der Waals surface area contributed by atoms with Crippen LogP contribution >= 0.6 is 12.2 Å². The molecule has 1 saturated heterocycles. The van der Waals surface area contributed by atoms with Gasteiger partial charge in [0.1, 0.15) is 4.99 Å². The van der Waals surface area contributed by atoms with E-state index in [1.165, 1.54) is 12.8 Å². The van der Waals surface area contributed by atoms with E-state index in [9.17, 15) is 0 Å². The van der Waals surface area contributed by atoms with Gasteiger partial charge in [0.2, 0.25) is 0 Å². The van der Waals surface area contributed by atoms with E-state index < -0.39 is 0 Å². The van der Waals surface area contributed by atoms with Gasteiger partial charge < -0.3 is 4.90 Å². The maximum atomic E-state index is 5.31. The molecule has 0 amide bonds. The Morgan fingerprint density at radius 2 is 1.86 bits per heavy atom. The molecular formula is C12H19NS. The Hall–Kier alpha value is -0.630. The van der Waals surface area contributed by atoms with Crippen LogP contribution in [0.1, 0.15) is 32.6 Å². The van der Waals surface area contributed by atoms with Crippen LogP contribution in [0.15, 0.2) is 24.3 Å². The number of thiocarbonyl (C=S) groups is 1. The molecule has 0 aromatic carbocycles. The molecule has 0 unspecified atom stereocenters. The molecule has 1 fully saturated rings. The van der Waals surface area contributed by atoms with Gasteiger partial charge in [-0.05, 0) is 38.7 Å². The molecule has 78 valence electrons. The van der Waals surface area contributed by atoms with Crippen molar-refractivity contribution in [3.63, 3.8) is 0 Å². The summed E-state index contributed by atoms with van der Waals surface area (Å²) in [6.45, 7) is 4.36. The highest BCUT2D eigenvalue weighted by atomic mass is 32.1. The van der Waals surface area contributed by atoms with Crippen molar-refractivity contribution in [2.45, 2.75) is 32.6 Å². The third-order valence-electron chi connectivity index (χ3n) is 2.41. The van der Waals surface area contributed by atoms with Crippen LogP contribution in [0.2, 0.25) is 0 Å². The average Bonchev–Trinajstić information content (AvgIpc) is 2.70. The van der Waals surface area contributed by atoms with Crippen LogP contribution in [-0.4, -0.2) is 23.0 Å². The minimum Gasteiger partial charge on any atom is -0.363 e. The maximum Gasteiger partial charge on any atom is 0.101 e. The van der Waals surface area contributed by atoms with E-state index in [4.69, 9.17) is 12.2 Å².